The third-order valence-electron chi connectivity index (χ3n) is 2.61. The Labute approximate surface area is 119 Å². The molecule has 0 bridgehead atoms. The first-order valence-electron chi connectivity index (χ1n) is 6.19. The number of hydrogen-bond acceptors (Lipinski definition) is 4. The Bertz CT molecular complexity index is 615. The van der Waals surface area contributed by atoms with Crippen LogP contribution in [0, 0.1) is 17.7 Å². The number of halogens is 1. The largest absolute Gasteiger partial charge is 0.489 e. The monoisotopic (exact) mass is 299 g/mol. The van der Waals surface area contributed by atoms with Crippen LogP contribution in [0.5, 0.6) is 5.75 Å². The van der Waals surface area contributed by atoms with E-state index in [1.54, 1.807) is 13.8 Å². The van der Waals surface area contributed by atoms with E-state index in [1.165, 1.54) is 18.2 Å². The summed E-state index contributed by atoms with van der Waals surface area (Å²) in [5, 5.41) is -0.474. The van der Waals surface area contributed by atoms with Gasteiger partial charge in [-0.25, -0.2) is 12.8 Å². The molecule has 0 saturated carbocycles. The lowest BCUT2D eigenvalue weighted by molar-refractivity contribution is 0.322. The molecule has 1 aromatic carbocycles. The predicted molar refractivity (Wildman–Crippen MR) is 76.8 cm³/mol. The smallest absolute Gasteiger partial charge is 0.165 e. The Balaban J connectivity index is 2.73. The van der Waals surface area contributed by atoms with E-state index in [4.69, 9.17) is 10.5 Å². The first-order valence-corrected chi connectivity index (χ1v) is 7.91. The summed E-state index contributed by atoms with van der Waals surface area (Å²) >= 11 is 0. The van der Waals surface area contributed by atoms with E-state index in [-0.39, 0.29) is 24.7 Å². The van der Waals surface area contributed by atoms with Crippen LogP contribution in [0.1, 0.15) is 19.4 Å². The maximum Gasteiger partial charge on any atom is 0.165 e. The van der Waals surface area contributed by atoms with Gasteiger partial charge in [0.05, 0.1) is 17.5 Å². The van der Waals surface area contributed by atoms with Gasteiger partial charge in [-0.15, -0.1) is 0 Å². The number of rotatable bonds is 5. The van der Waals surface area contributed by atoms with Gasteiger partial charge in [0.2, 0.25) is 0 Å². The van der Waals surface area contributed by atoms with Crippen molar-refractivity contribution in [2.24, 2.45) is 5.73 Å². The topological polar surface area (TPSA) is 69.4 Å². The van der Waals surface area contributed by atoms with Gasteiger partial charge in [0.15, 0.2) is 21.4 Å². The molecule has 0 spiro atoms. The molecule has 0 fully saturated rings. The molecule has 0 heterocycles. The van der Waals surface area contributed by atoms with Crippen LogP contribution in [0.15, 0.2) is 18.2 Å². The Morgan fingerprint density at radius 1 is 1.40 bits per heavy atom. The van der Waals surface area contributed by atoms with E-state index >= 15 is 0 Å². The van der Waals surface area contributed by atoms with Crippen LogP contribution in [-0.4, -0.2) is 32.6 Å². The van der Waals surface area contributed by atoms with Crippen LogP contribution in [0.2, 0.25) is 0 Å². The minimum absolute atomic E-state index is 0.00669. The van der Waals surface area contributed by atoms with E-state index < -0.39 is 20.9 Å². The molecule has 0 atom stereocenters. The fourth-order valence-corrected chi connectivity index (χ4v) is 2.14. The molecular weight excluding hydrogens is 281 g/mol. The SMILES string of the molecule is CC(C)S(=O)(=O)CCOc1cc(C#CCN)ccc1F. The summed E-state index contributed by atoms with van der Waals surface area (Å²) in [5.74, 6) is 4.70. The molecule has 2 N–H and O–H groups in total. The Hall–Kier alpha value is -1.58. The van der Waals surface area contributed by atoms with Crippen molar-refractivity contribution in [3.05, 3.63) is 29.6 Å². The van der Waals surface area contributed by atoms with Crippen LogP contribution < -0.4 is 10.5 Å². The fraction of sp³-hybridized carbons (Fsp3) is 0.429. The highest BCUT2D eigenvalue weighted by Gasteiger charge is 2.16. The normalized spacial score (nSPS) is 11.1. The molecule has 110 valence electrons. The highest BCUT2D eigenvalue weighted by Crippen LogP contribution is 2.18. The van der Waals surface area contributed by atoms with Gasteiger partial charge in [0.1, 0.15) is 6.61 Å². The highest BCUT2D eigenvalue weighted by molar-refractivity contribution is 7.91. The summed E-state index contributed by atoms with van der Waals surface area (Å²) in [7, 11) is -3.20. The average Bonchev–Trinajstić information content (AvgIpc) is 2.39. The molecule has 1 rings (SSSR count). The fourth-order valence-electron chi connectivity index (χ4n) is 1.35. The molecule has 0 aliphatic heterocycles. The second kappa shape index (κ2) is 7.27. The average molecular weight is 299 g/mol. The van der Waals surface area contributed by atoms with Gasteiger partial charge in [-0.2, -0.15) is 0 Å². The lowest BCUT2D eigenvalue weighted by Crippen LogP contribution is -2.22. The van der Waals surface area contributed by atoms with E-state index in [9.17, 15) is 12.8 Å². The molecule has 0 radical (unpaired) electrons. The Kier molecular flexibility index (Phi) is 5.99. The van der Waals surface area contributed by atoms with Crippen LogP contribution in [0.3, 0.4) is 0 Å². The zero-order valence-electron chi connectivity index (χ0n) is 11.5. The molecular formula is C14H18FNO3S. The quantitative estimate of drug-likeness (QED) is 0.833. The van der Waals surface area contributed by atoms with Gasteiger partial charge in [-0.1, -0.05) is 11.8 Å². The van der Waals surface area contributed by atoms with Gasteiger partial charge in [0.25, 0.3) is 0 Å². The van der Waals surface area contributed by atoms with E-state index in [0.717, 1.165) is 0 Å². The van der Waals surface area contributed by atoms with Crippen molar-refractivity contribution in [3.63, 3.8) is 0 Å². The third-order valence-corrected chi connectivity index (χ3v) is 4.78. The lowest BCUT2D eigenvalue weighted by atomic mass is 10.2. The summed E-state index contributed by atoms with van der Waals surface area (Å²) in [5.41, 5.74) is 5.82. The summed E-state index contributed by atoms with van der Waals surface area (Å²) in [6.07, 6.45) is 0. The van der Waals surface area contributed by atoms with Crippen LogP contribution in [0.25, 0.3) is 0 Å². The van der Waals surface area contributed by atoms with Gasteiger partial charge >= 0.3 is 0 Å². The third kappa shape index (κ3) is 4.83. The molecule has 4 nitrogen and oxygen atoms in total. The van der Waals surface area contributed by atoms with Crippen molar-refractivity contribution in [3.8, 4) is 17.6 Å². The standard InChI is InChI=1S/C14H18FNO3S/c1-11(2)20(17,18)9-8-19-14-10-12(4-3-7-16)5-6-13(14)15/h5-6,10-11H,7-9,16H2,1-2H3. The maximum absolute atomic E-state index is 13.5. The molecule has 0 saturated heterocycles. The Morgan fingerprint density at radius 2 is 2.10 bits per heavy atom. The summed E-state index contributed by atoms with van der Waals surface area (Å²) < 4.78 is 41.9. The summed E-state index contributed by atoms with van der Waals surface area (Å²) in [4.78, 5) is 0. The van der Waals surface area contributed by atoms with Crippen LogP contribution in [0.4, 0.5) is 4.39 Å². The van der Waals surface area contributed by atoms with Gasteiger partial charge in [-0.3, -0.25) is 0 Å². The van der Waals surface area contributed by atoms with Crippen molar-refractivity contribution in [1.82, 2.24) is 0 Å². The molecule has 0 amide bonds. The number of hydrogen-bond donors (Lipinski definition) is 1. The molecule has 1 aromatic rings. The minimum atomic E-state index is -3.20. The molecule has 0 aliphatic rings. The lowest BCUT2D eigenvalue weighted by Gasteiger charge is -2.10. The molecule has 20 heavy (non-hydrogen) atoms. The van der Waals surface area contributed by atoms with Gasteiger partial charge < -0.3 is 10.5 Å². The van der Waals surface area contributed by atoms with Crippen LogP contribution >= 0.6 is 0 Å². The second-order valence-electron chi connectivity index (χ2n) is 4.42. The molecule has 0 unspecified atom stereocenters. The summed E-state index contributed by atoms with van der Waals surface area (Å²) in [6, 6.07) is 4.17. The van der Waals surface area contributed by atoms with E-state index in [1.807, 2.05) is 0 Å². The number of ether oxygens (including phenoxy) is 1. The first kappa shape index (κ1) is 16.5. The van der Waals surface area contributed by atoms with Gasteiger partial charge in [-0.05, 0) is 32.0 Å². The predicted octanol–water partition coefficient (Wildman–Crippen LogP) is 1.34. The van der Waals surface area contributed by atoms with Crippen molar-refractivity contribution in [2.75, 3.05) is 18.9 Å². The maximum atomic E-state index is 13.5. The Morgan fingerprint density at radius 3 is 2.70 bits per heavy atom. The van der Waals surface area contributed by atoms with Crippen molar-refractivity contribution in [1.29, 1.82) is 0 Å². The zero-order valence-corrected chi connectivity index (χ0v) is 12.3. The van der Waals surface area contributed by atoms with Crippen molar-refractivity contribution in [2.45, 2.75) is 19.1 Å². The number of nitrogens with two attached hydrogens (primary N) is 1. The summed E-state index contributed by atoms with van der Waals surface area (Å²) in [6.45, 7) is 3.31. The van der Waals surface area contributed by atoms with Gasteiger partial charge in [0, 0.05) is 5.56 Å². The zero-order chi connectivity index (χ0) is 15.2. The van der Waals surface area contributed by atoms with Crippen LogP contribution in [-0.2, 0) is 9.84 Å². The minimum Gasteiger partial charge on any atom is -0.489 e. The molecule has 0 aliphatic carbocycles. The molecule has 0 aromatic heterocycles. The molecule has 6 heteroatoms. The van der Waals surface area contributed by atoms with Crippen molar-refractivity contribution >= 4 is 9.84 Å². The second-order valence-corrected chi connectivity index (χ2v) is 7.09. The first-order chi connectivity index (χ1) is 9.36. The highest BCUT2D eigenvalue weighted by atomic mass is 32.2. The van der Waals surface area contributed by atoms with E-state index in [2.05, 4.69) is 11.8 Å². The number of sulfone groups is 1. The number of benzene rings is 1. The van der Waals surface area contributed by atoms with E-state index in [0.29, 0.717) is 5.56 Å². The van der Waals surface area contributed by atoms with Crippen molar-refractivity contribution < 1.29 is 17.5 Å².